The highest BCUT2D eigenvalue weighted by Crippen LogP contribution is 2.36. The normalized spacial score (nSPS) is 12.5. The standard InChI is InChI=1S/C28H32N6O3S/c1-15(2)16-10-12-17(13-11-16)34(27(37)24-21(29)22(25(30)35)33-38-24)23(26(36)32-28(3,4)5)19-14-31-20-9-7-6-8-18(19)20/h6-15,23,31H,29H2,1-5H3,(H2,30,35)(H,32,36)/t23-/m1/s1. The number of nitrogen functional groups attached to an aromatic ring is 1. The lowest BCUT2D eigenvalue weighted by Crippen LogP contribution is -2.49. The highest BCUT2D eigenvalue weighted by Gasteiger charge is 2.38. The van der Waals surface area contributed by atoms with Crippen molar-refractivity contribution in [1.82, 2.24) is 14.7 Å². The first-order valence-electron chi connectivity index (χ1n) is 12.3. The number of H-pyrrole nitrogens is 1. The Bertz CT molecular complexity index is 1500. The summed E-state index contributed by atoms with van der Waals surface area (Å²) >= 11 is 0.780. The number of benzene rings is 2. The van der Waals surface area contributed by atoms with E-state index in [2.05, 4.69) is 28.5 Å². The zero-order valence-corrected chi connectivity index (χ0v) is 22.8. The van der Waals surface area contributed by atoms with Crippen molar-refractivity contribution in [2.24, 2.45) is 5.73 Å². The number of amides is 3. The molecule has 9 nitrogen and oxygen atoms in total. The number of nitrogens with zero attached hydrogens (tertiary/aromatic N) is 2. The molecule has 0 fully saturated rings. The van der Waals surface area contributed by atoms with E-state index < -0.39 is 23.4 Å². The van der Waals surface area contributed by atoms with Gasteiger partial charge in [-0.3, -0.25) is 19.3 Å². The van der Waals surface area contributed by atoms with Gasteiger partial charge in [0.25, 0.3) is 11.8 Å². The SMILES string of the molecule is CC(C)c1ccc(N(C(=O)c2snc(C(N)=O)c2N)[C@@H](C(=O)NC(C)(C)C)c2c[nH]c3ccccc23)cc1. The molecule has 0 aliphatic heterocycles. The molecule has 0 aliphatic carbocycles. The fourth-order valence-electron chi connectivity index (χ4n) is 4.30. The second-order valence-electron chi connectivity index (χ2n) is 10.5. The summed E-state index contributed by atoms with van der Waals surface area (Å²) in [6.45, 7) is 9.78. The van der Waals surface area contributed by atoms with Gasteiger partial charge in [-0.1, -0.05) is 44.2 Å². The number of nitrogens with one attached hydrogen (secondary N) is 2. The summed E-state index contributed by atoms with van der Waals surface area (Å²) in [6, 6.07) is 14.0. The van der Waals surface area contributed by atoms with Gasteiger partial charge in [0.05, 0.1) is 5.69 Å². The van der Waals surface area contributed by atoms with E-state index in [-0.39, 0.29) is 28.1 Å². The van der Waals surface area contributed by atoms with Gasteiger partial charge in [-0.05, 0) is 62.0 Å². The third-order valence-corrected chi connectivity index (χ3v) is 6.98. The molecule has 2 heterocycles. The predicted molar refractivity (Wildman–Crippen MR) is 151 cm³/mol. The van der Waals surface area contributed by atoms with Gasteiger partial charge in [0, 0.05) is 33.9 Å². The van der Waals surface area contributed by atoms with E-state index in [0.717, 1.165) is 28.0 Å². The fourth-order valence-corrected chi connectivity index (χ4v) is 5.04. The van der Waals surface area contributed by atoms with Gasteiger partial charge in [-0.15, -0.1) is 0 Å². The topological polar surface area (TPSA) is 147 Å². The van der Waals surface area contributed by atoms with E-state index in [1.807, 2.05) is 69.3 Å². The van der Waals surface area contributed by atoms with Crippen molar-refractivity contribution >= 4 is 51.5 Å². The second kappa shape index (κ2) is 10.3. The Hall–Kier alpha value is -4.18. The molecule has 0 spiro atoms. The van der Waals surface area contributed by atoms with E-state index in [1.165, 1.54) is 4.90 Å². The fraction of sp³-hybridized carbons (Fsp3) is 0.286. The summed E-state index contributed by atoms with van der Waals surface area (Å²) in [5, 5.41) is 3.83. The van der Waals surface area contributed by atoms with Crippen LogP contribution in [-0.2, 0) is 4.79 Å². The summed E-state index contributed by atoms with van der Waals surface area (Å²) in [7, 11) is 0. The van der Waals surface area contributed by atoms with Crippen molar-refractivity contribution in [1.29, 1.82) is 0 Å². The van der Waals surface area contributed by atoms with E-state index in [1.54, 1.807) is 6.20 Å². The Kier molecular flexibility index (Phi) is 7.28. The van der Waals surface area contributed by atoms with Gasteiger partial charge in [-0.2, -0.15) is 4.37 Å². The minimum atomic E-state index is -1.07. The maximum atomic E-state index is 14.2. The summed E-state index contributed by atoms with van der Waals surface area (Å²) in [4.78, 5) is 44.7. The lowest BCUT2D eigenvalue weighted by Gasteiger charge is -2.33. The van der Waals surface area contributed by atoms with Crippen LogP contribution in [0.1, 0.15) is 77.9 Å². The maximum Gasteiger partial charge on any atom is 0.273 e. The summed E-state index contributed by atoms with van der Waals surface area (Å²) in [5.41, 5.74) is 13.7. The zero-order valence-electron chi connectivity index (χ0n) is 22.0. The molecule has 38 heavy (non-hydrogen) atoms. The molecule has 4 aromatic rings. The summed E-state index contributed by atoms with van der Waals surface area (Å²) in [5.74, 6) is -1.49. The molecule has 3 amide bonds. The van der Waals surface area contributed by atoms with Gasteiger partial charge >= 0.3 is 0 Å². The maximum absolute atomic E-state index is 14.2. The molecule has 198 valence electrons. The van der Waals surface area contributed by atoms with Gasteiger partial charge in [0.15, 0.2) is 5.69 Å². The molecule has 10 heteroatoms. The van der Waals surface area contributed by atoms with Crippen LogP contribution in [-0.4, -0.2) is 32.6 Å². The molecule has 6 N–H and O–H groups in total. The van der Waals surface area contributed by atoms with E-state index >= 15 is 0 Å². The Labute approximate surface area is 225 Å². The van der Waals surface area contributed by atoms with E-state index in [9.17, 15) is 14.4 Å². The highest BCUT2D eigenvalue weighted by molar-refractivity contribution is 7.09. The van der Waals surface area contributed by atoms with Crippen molar-refractivity contribution in [3.63, 3.8) is 0 Å². The summed E-state index contributed by atoms with van der Waals surface area (Å²) in [6.07, 6.45) is 1.74. The second-order valence-corrected chi connectivity index (χ2v) is 11.3. The number of primary amides is 1. The van der Waals surface area contributed by atoms with Crippen LogP contribution in [0, 0.1) is 0 Å². The predicted octanol–water partition coefficient (Wildman–Crippen LogP) is 4.73. The van der Waals surface area contributed by atoms with E-state index in [4.69, 9.17) is 11.5 Å². The molecule has 0 saturated carbocycles. The first-order valence-corrected chi connectivity index (χ1v) is 13.0. The van der Waals surface area contributed by atoms with Crippen LogP contribution in [0.5, 0.6) is 0 Å². The number of rotatable bonds is 7. The molecule has 0 bridgehead atoms. The average Bonchev–Trinajstić information content (AvgIpc) is 3.44. The quantitative estimate of drug-likeness (QED) is 0.272. The number of hydrogen-bond donors (Lipinski definition) is 4. The number of anilines is 2. The van der Waals surface area contributed by atoms with E-state index in [0.29, 0.717) is 11.3 Å². The van der Waals surface area contributed by atoms with Crippen LogP contribution in [0.2, 0.25) is 0 Å². The number of aromatic nitrogens is 2. The van der Waals surface area contributed by atoms with Gasteiger partial charge < -0.3 is 21.8 Å². The van der Waals surface area contributed by atoms with Crippen LogP contribution in [0.15, 0.2) is 54.7 Å². The Balaban J connectivity index is 1.96. The Morgan fingerprint density at radius 1 is 1.05 bits per heavy atom. The third kappa shape index (κ3) is 5.26. The molecule has 4 rings (SSSR count). The largest absolute Gasteiger partial charge is 0.395 e. The Morgan fingerprint density at radius 2 is 1.71 bits per heavy atom. The monoisotopic (exact) mass is 532 g/mol. The van der Waals surface area contributed by atoms with Crippen LogP contribution < -0.4 is 21.7 Å². The van der Waals surface area contributed by atoms with Crippen molar-refractivity contribution in [3.05, 3.63) is 76.4 Å². The molecule has 1 atom stereocenters. The zero-order chi connectivity index (χ0) is 27.8. The molecule has 0 saturated heterocycles. The number of carbonyl (C=O) groups excluding carboxylic acids is 3. The molecular weight excluding hydrogens is 500 g/mol. The first kappa shape index (κ1) is 26.9. The average molecular weight is 533 g/mol. The lowest BCUT2D eigenvalue weighted by atomic mass is 9.98. The smallest absolute Gasteiger partial charge is 0.273 e. The molecule has 0 aliphatic rings. The van der Waals surface area contributed by atoms with Gasteiger partial charge in [-0.25, -0.2) is 0 Å². The van der Waals surface area contributed by atoms with Gasteiger partial charge in [0.2, 0.25) is 5.91 Å². The number of aromatic amines is 1. The number of hydrogen-bond acceptors (Lipinski definition) is 6. The van der Waals surface area contributed by atoms with Crippen LogP contribution in [0.25, 0.3) is 10.9 Å². The Morgan fingerprint density at radius 3 is 2.29 bits per heavy atom. The minimum Gasteiger partial charge on any atom is -0.395 e. The number of nitrogens with two attached hydrogens (primary N) is 2. The number of fused-ring (bicyclic) bond motifs is 1. The van der Waals surface area contributed by atoms with Crippen molar-refractivity contribution in [2.75, 3.05) is 10.6 Å². The molecule has 2 aromatic carbocycles. The first-order chi connectivity index (χ1) is 17.9. The van der Waals surface area contributed by atoms with Gasteiger partial charge in [0.1, 0.15) is 10.9 Å². The molecular formula is C28H32N6O3S. The van der Waals surface area contributed by atoms with Crippen molar-refractivity contribution in [2.45, 2.75) is 52.1 Å². The van der Waals surface area contributed by atoms with Crippen LogP contribution >= 0.6 is 11.5 Å². The van der Waals surface area contributed by atoms with Crippen molar-refractivity contribution < 1.29 is 14.4 Å². The lowest BCUT2D eigenvalue weighted by molar-refractivity contribution is -0.123. The van der Waals surface area contributed by atoms with Crippen LogP contribution in [0.3, 0.4) is 0 Å². The molecule has 0 radical (unpaired) electrons. The number of carbonyl (C=O) groups is 3. The highest BCUT2D eigenvalue weighted by atomic mass is 32.1. The summed E-state index contributed by atoms with van der Waals surface area (Å²) < 4.78 is 4.01. The molecule has 0 unspecified atom stereocenters. The molecule has 2 aromatic heterocycles. The minimum absolute atomic E-state index is 0.0279. The van der Waals surface area contributed by atoms with Crippen LogP contribution in [0.4, 0.5) is 11.4 Å². The third-order valence-electron chi connectivity index (χ3n) is 6.13. The number of para-hydroxylation sites is 1. The van der Waals surface area contributed by atoms with Crippen molar-refractivity contribution in [3.8, 4) is 0 Å².